The van der Waals surface area contributed by atoms with Gasteiger partial charge in [-0.1, -0.05) is 11.6 Å². The molecule has 0 aliphatic heterocycles. The Hall–Kier alpha value is -0.770. The van der Waals surface area contributed by atoms with Crippen molar-refractivity contribution in [2.75, 3.05) is 20.8 Å². The van der Waals surface area contributed by atoms with Crippen LogP contribution in [0.4, 0.5) is 0 Å². The fourth-order valence-electron chi connectivity index (χ4n) is 1.67. The lowest BCUT2D eigenvalue weighted by molar-refractivity contribution is 0.183. The topological polar surface area (TPSA) is 38.7 Å². The van der Waals surface area contributed by atoms with Crippen LogP contribution in [0, 0.1) is 0 Å². The SMILES string of the molecule is COCc1cc(Cl)cc(OC)c1CCCO. The molecule has 1 aromatic rings. The number of methoxy groups -OCH3 is 2. The molecule has 3 nitrogen and oxygen atoms in total. The first kappa shape index (κ1) is 13.3. The highest BCUT2D eigenvalue weighted by Crippen LogP contribution is 2.29. The minimum Gasteiger partial charge on any atom is -0.496 e. The molecule has 0 radical (unpaired) electrons. The molecule has 0 aliphatic carbocycles. The van der Waals surface area contributed by atoms with E-state index in [1.54, 1.807) is 20.3 Å². The second-order valence-corrected chi connectivity index (χ2v) is 3.94. The van der Waals surface area contributed by atoms with E-state index in [4.69, 9.17) is 26.2 Å². The number of hydrogen-bond donors (Lipinski definition) is 1. The molecule has 1 aromatic carbocycles. The van der Waals surface area contributed by atoms with Gasteiger partial charge in [0.2, 0.25) is 0 Å². The number of halogens is 1. The Morgan fingerprint density at radius 1 is 1.31 bits per heavy atom. The van der Waals surface area contributed by atoms with Crippen LogP contribution in [0.5, 0.6) is 5.75 Å². The second kappa shape index (κ2) is 6.74. The first-order valence-corrected chi connectivity index (χ1v) is 5.55. The first-order chi connectivity index (χ1) is 7.72. The molecule has 0 atom stereocenters. The molecule has 90 valence electrons. The molecule has 0 spiro atoms. The molecule has 0 heterocycles. The lowest BCUT2D eigenvalue weighted by atomic mass is 10.0. The third kappa shape index (κ3) is 3.37. The van der Waals surface area contributed by atoms with Gasteiger partial charge >= 0.3 is 0 Å². The van der Waals surface area contributed by atoms with E-state index in [0.29, 0.717) is 18.1 Å². The third-order valence-corrected chi connectivity index (χ3v) is 2.59. The Balaban J connectivity index is 3.05. The van der Waals surface area contributed by atoms with E-state index >= 15 is 0 Å². The van der Waals surface area contributed by atoms with Crippen molar-refractivity contribution in [1.82, 2.24) is 0 Å². The summed E-state index contributed by atoms with van der Waals surface area (Å²) in [5, 5.41) is 9.50. The Kier molecular flexibility index (Phi) is 5.60. The summed E-state index contributed by atoms with van der Waals surface area (Å²) in [5.41, 5.74) is 2.07. The standard InChI is InChI=1S/C12H17ClO3/c1-15-8-9-6-10(13)7-12(16-2)11(9)4-3-5-14/h6-7,14H,3-5,8H2,1-2H3. The lowest BCUT2D eigenvalue weighted by Gasteiger charge is -2.14. The van der Waals surface area contributed by atoms with Crippen molar-refractivity contribution < 1.29 is 14.6 Å². The molecule has 4 heteroatoms. The van der Waals surface area contributed by atoms with Gasteiger partial charge in [0.1, 0.15) is 5.75 Å². The minimum atomic E-state index is 0.165. The van der Waals surface area contributed by atoms with E-state index in [2.05, 4.69) is 0 Å². The van der Waals surface area contributed by atoms with Gasteiger partial charge in [0.15, 0.2) is 0 Å². The highest BCUT2D eigenvalue weighted by molar-refractivity contribution is 6.30. The zero-order chi connectivity index (χ0) is 12.0. The molecule has 1 N–H and O–H groups in total. The Labute approximate surface area is 101 Å². The van der Waals surface area contributed by atoms with Crippen molar-refractivity contribution in [3.8, 4) is 5.75 Å². The highest BCUT2D eigenvalue weighted by Gasteiger charge is 2.10. The maximum atomic E-state index is 8.87. The van der Waals surface area contributed by atoms with Crippen molar-refractivity contribution in [2.24, 2.45) is 0 Å². The number of hydrogen-bond acceptors (Lipinski definition) is 3. The van der Waals surface area contributed by atoms with Gasteiger partial charge < -0.3 is 14.6 Å². The van der Waals surface area contributed by atoms with Gasteiger partial charge in [-0.2, -0.15) is 0 Å². The van der Waals surface area contributed by atoms with E-state index in [1.807, 2.05) is 6.07 Å². The van der Waals surface area contributed by atoms with Crippen LogP contribution in [-0.2, 0) is 17.8 Å². The number of rotatable bonds is 6. The molecule has 0 amide bonds. The first-order valence-electron chi connectivity index (χ1n) is 5.18. The fourth-order valence-corrected chi connectivity index (χ4v) is 1.90. The largest absolute Gasteiger partial charge is 0.496 e. The Bertz CT molecular complexity index is 339. The molecule has 0 unspecified atom stereocenters. The predicted octanol–water partition coefficient (Wildman–Crippen LogP) is 2.42. The monoisotopic (exact) mass is 244 g/mol. The number of aliphatic hydroxyl groups is 1. The summed E-state index contributed by atoms with van der Waals surface area (Å²) in [6.45, 7) is 0.663. The Morgan fingerprint density at radius 3 is 2.62 bits per heavy atom. The van der Waals surface area contributed by atoms with Gasteiger partial charge in [0.25, 0.3) is 0 Å². The molecule has 1 rings (SSSR count). The second-order valence-electron chi connectivity index (χ2n) is 3.51. The van der Waals surface area contributed by atoms with Crippen LogP contribution in [0.1, 0.15) is 17.5 Å². The van der Waals surface area contributed by atoms with E-state index in [-0.39, 0.29) is 6.61 Å². The van der Waals surface area contributed by atoms with Crippen molar-refractivity contribution in [3.63, 3.8) is 0 Å². The Morgan fingerprint density at radius 2 is 2.06 bits per heavy atom. The summed E-state index contributed by atoms with van der Waals surface area (Å²) < 4.78 is 10.4. The van der Waals surface area contributed by atoms with Gasteiger partial charge in [-0.3, -0.25) is 0 Å². The van der Waals surface area contributed by atoms with Gasteiger partial charge in [0.05, 0.1) is 13.7 Å². The predicted molar refractivity (Wildman–Crippen MR) is 64.1 cm³/mol. The highest BCUT2D eigenvalue weighted by atomic mass is 35.5. The molecule has 0 aromatic heterocycles. The zero-order valence-corrected chi connectivity index (χ0v) is 10.4. The van der Waals surface area contributed by atoms with Crippen molar-refractivity contribution in [2.45, 2.75) is 19.4 Å². The van der Waals surface area contributed by atoms with E-state index in [0.717, 1.165) is 23.3 Å². The van der Waals surface area contributed by atoms with Crippen LogP contribution in [0.3, 0.4) is 0 Å². The van der Waals surface area contributed by atoms with Gasteiger partial charge in [-0.15, -0.1) is 0 Å². The minimum absolute atomic E-state index is 0.165. The van der Waals surface area contributed by atoms with Crippen molar-refractivity contribution >= 4 is 11.6 Å². The normalized spacial score (nSPS) is 10.5. The maximum Gasteiger partial charge on any atom is 0.123 e. The van der Waals surface area contributed by atoms with Crippen LogP contribution >= 0.6 is 11.6 Å². The van der Waals surface area contributed by atoms with Crippen LogP contribution in [0.25, 0.3) is 0 Å². The smallest absolute Gasteiger partial charge is 0.123 e. The van der Waals surface area contributed by atoms with Gasteiger partial charge in [-0.05, 0) is 36.1 Å². The summed E-state index contributed by atoms with van der Waals surface area (Å²) in [6.07, 6.45) is 1.46. The summed E-state index contributed by atoms with van der Waals surface area (Å²) in [5.74, 6) is 0.757. The van der Waals surface area contributed by atoms with Crippen molar-refractivity contribution in [3.05, 3.63) is 28.3 Å². The van der Waals surface area contributed by atoms with Crippen LogP contribution in [-0.4, -0.2) is 25.9 Å². The van der Waals surface area contributed by atoms with E-state index in [9.17, 15) is 0 Å². The zero-order valence-electron chi connectivity index (χ0n) is 9.62. The average molecular weight is 245 g/mol. The molecule has 0 fully saturated rings. The maximum absolute atomic E-state index is 8.87. The van der Waals surface area contributed by atoms with Crippen LogP contribution in [0.15, 0.2) is 12.1 Å². The van der Waals surface area contributed by atoms with Gasteiger partial charge in [0, 0.05) is 18.7 Å². The summed E-state index contributed by atoms with van der Waals surface area (Å²) in [4.78, 5) is 0. The van der Waals surface area contributed by atoms with Crippen LogP contribution in [0.2, 0.25) is 5.02 Å². The number of ether oxygens (including phenoxy) is 2. The molecule has 0 saturated carbocycles. The molecule has 0 aliphatic rings. The molecular formula is C12H17ClO3. The van der Waals surface area contributed by atoms with Gasteiger partial charge in [-0.25, -0.2) is 0 Å². The summed E-state index contributed by atoms with van der Waals surface area (Å²) in [6, 6.07) is 3.66. The number of aliphatic hydroxyl groups excluding tert-OH is 1. The summed E-state index contributed by atoms with van der Waals surface area (Å²) >= 11 is 5.99. The molecule has 16 heavy (non-hydrogen) atoms. The van der Waals surface area contributed by atoms with Crippen LogP contribution < -0.4 is 4.74 Å². The van der Waals surface area contributed by atoms with E-state index in [1.165, 1.54) is 0 Å². The quantitative estimate of drug-likeness (QED) is 0.835. The average Bonchev–Trinajstić information content (AvgIpc) is 2.27. The van der Waals surface area contributed by atoms with Crippen molar-refractivity contribution in [1.29, 1.82) is 0 Å². The number of benzene rings is 1. The summed E-state index contributed by atoms with van der Waals surface area (Å²) in [7, 11) is 3.26. The molecule has 0 bridgehead atoms. The lowest BCUT2D eigenvalue weighted by Crippen LogP contribution is -2.01. The molecule has 0 saturated heterocycles. The molecular weight excluding hydrogens is 228 g/mol. The fraction of sp³-hybridized carbons (Fsp3) is 0.500. The third-order valence-electron chi connectivity index (χ3n) is 2.37. The van der Waals surface area contributed by atoms with E-state index < -0.39 is 0 Å².